The molecule has 1 saturated heterocycles. The molecule has 1 amide bonds. The van der Waals surface area contributed by atoms with E-state index in [9.17, 15) is 4.79 Å². The van der Waals surface area contributed by atoms with Gasteiger partial charge in [-0.05, 0) is 31.9 Å². The molecule has 1 aliphatic rings. The number of aromatic nitrogens is 1. The molecule has 1 aliphatic heterocycles. The Balaban J connectivity index is 2.13. The van der Waals surface area contributed by atoms with E-state index in [1.807, 2.05) is 17.9 Å². The van der Waals surface area contributed by atoms with Crippen LogP contribution >= 0.6 is 0 Å². The summed E-state index contributed by atoms with van der Waals surface area (Å²) in [5.74, 6) is 0.675. The first-order valence-corrected chi connectivity index (χ1v) is 6.79. The molecular weight excluding hydrogens is 242 g/mol. The van der Waals surface area contributed by atoms with Crippen LogP contribution in [-0.4, -0.2) is 48.6 Å². The van der Waals surface area contributed by atoms with Crippen molar-refractivity contribution in [2.45, 2.75) is 25.8 Å². The second-order valence-corrected chi connectivity index (χ2v) is 4.60. The van der Waals surface area contributed by atoms with Crippen LogP contribution in [-0.2, 0) is 4.74 Å². The Hall–Kier alpha value is -1.62. The van der Waals surface area contributed by atoms with Crippen LogP contribution in [0.1, 0.15) is 30.1 Å². The van der Waals surface area contributed by atoms with Gasteiger partial charge in [-0.3, -0.25) is 4.79 Å². The fourth-order valence-electron chi connectivity index (χ4n) is 2.46. The molecule has 2 heterocycles. The van der Waals surface area contributed by atoms with E-state index in [0.29, 0.717) is 24.6 Å². The lowest BCUT2D eigenvalue weighted by Crippen LogP contribution is -2.38. The van der Waals surface area contributed by atoms with Crippen molar-refractivity contribution in [1.29, 1.82) is 0 Å². The average Bonchev–Trinajstić information content (AvgIpc) is 2.92. The summed E-state index contributed by atoms with van der Waals surface area (Å²) in [5.41, 5.74) is 0.633. The first-order chi connectivity index (χ1) is 9.27. The van der Waals surface area contributed by atoms with E-state index in [-0.39, 0.29) is 11.9 Å². The first kappa shape index (κ1) is 13.8. The number of likely N-dealkylation sites (tertiary alicyclic amines) is 1. The van der Waals surface area contributed by atoms with Crippen molar-refractivity contribution in [2.24, 2.45) is 0 Å². The van der Waals surface area contributed by atoms with Crippen LogP contribution in [0.4, 0.5) is 5.82 Å². The third-order valence-electron chi connectivity index (χ3n) is 3.43. The number of amides is 1. The fraction of sp³-hybridized carbons (Fsp3) is 0.571. The Bertz CT molecular complexity index is 436. The number of anilines is 1. The number of hydrogen-bond donors (Lipinski definition) is 1. The van der Waals surface area contributed by atoms with Crippen molar-refractivity contribution in [3.05, 3.63) is 23.9 Å². The highest BCUT2D eigenvalue weighted by Gasteiger charge is 2.30. The van der Waals surface area contributed by atoms with Gasteiger partial charge < -0.3 is 15.0 Å². The molecule has 0 aliphatic carbocycles. The van der Waals surface area contributed by atoms with E-state index >= 15 is 0 Å². The van der Waals surface area contributed by atoms with Crippen LogP contribution < -0.4 is 5.32 Å². The van der Waals surface area contributed by atoms with Gasteiger partial charge in [0.1, 0.15) is 5.82 Å². The Morgan fingerprint density at radius 1 is 1.63 bits per heavy atom. The number of carbonyl (C=O) groups excluding carboxylic acids is 1. The number of nitrogens with one attached hydrogen (secondary N) is 1. The SMILES string of the molecule is CCOCC1CCCN1C(=O)c1cccnc1NC. The first-order valence-electron chi connectivity index (χ1n) is 6.79. The van der Waals surface area contributed by atoms with Crippen molar-refractivity contribution in [3.63, 3.8) is 0 Å². The van der Waals surface area contributed by atoms with E-state index < -0.39 is 0 Å². The molecule has 0 aromatic carbocycles. The zero-order valence-electron chi connectivity index (χ0n) is 11.6. The normalized spacial score (nSPS) is 18.6. The minimum atomic E-state index is 0.0413. The number of nitrogens with zero attached hydrogens (tertiary/aromatic N) is 2. The van der Waals surface area contributed by atoms with E-state index in [0.717, 1.165) is 19.4 Å². The fourth-order valence-corrected chi connectivity index (χ4v) is 2.46. The van der Waals surface area contributed by atoms with Crippen LogP contribution in [0, 0.1) is 0 Å². The molecule has 1 unspecified atom stereocenters. The van der Waals surface area contributed by atoms with Crippen LogP contribution in [0.15, 0.2) is 18.3 Å². The zero-order valence-corrected chi connectivity index (χ0v) is 11.6. The lowest BCUT2D eigenvalue weighted by Gasteiger charge is -2.25. The van der Waals surface area contributed by atoms with Gasteiger partial charge in [-0.1, -0.05) is 0 Å². The largest absolute Gasteiger partial charge is 0.380 e. The topological polar surface area (TPSA) is 54.5 Å². The van der Waals surface area contributed by atoms with Crippen molar-refractivity contribution >= 4 is 11.7 Å². The van der Waals surface area contributed by atoms with Gasteiger partial charge >= 0.3 is 0 Å². The number of rotatable bonds is 5. The lowest BCUT2D eigenvalue weighted by molar-refractivity contribution is 0.0565. The Morgan fingerprint density at radius 2 is 2.47 bits per heavy atom. The average molecular weight is 263 g/mol. The molecule has 104 valence electrons. The van der Waals surface area contributed by atoms with Gasteiger partial charge in [0.2, 0.25) is 0 Å². The second-order valence-electron chi connectivity index (χ2n) is 4.60. The molecule has 2 rings (SSSR count). The maximum Gasteiger partial charge on any atom is 0.257 e. The minimum Gasteiger partial charge on any atom is -0.380 e. The van der Waals surface area contributed by atoms with E-state index in [1.54, 1.807) is 19.3 Å². The van der Waals surface area contributed by atoms with Gasteiger partial charge in [0.25, 0.3) is 5.91 Å². The molecule has 0 spiro atoms. The summed E-state index contributed by atoms with van der Waals surface area (Å²) in [6.07, 6.45) is 3.74. The second kappa shape index (κ2) is 6.52. The van der Waals surface area contributed by atoms with Crippen LogP contribution in [0.2, 0.25) is 0 Å². The van der Waals surface area contributed by atoms with Gasteiger partial charge in [0.05, 0.1) is 18.2 Å². The molecule has 1 N–H and O–H groups in total. The van der Waals surface area contributed by atoms with Gasteiger partial charge in [-0.25, -0.2) is 4.98 Å². The summed E-state index contributed by atoms with van der Waals surface area (Å²) in [6, 6.07) is 3.80. The minimum absolute atomic E-state index is 0.0413. The molecule has 1 fully saturated rings. The Kier molecular flexibility index (Phi) is 4.74. The highest BCUT2D eigenvalue weighted by Crippen LogP contribution is 2.22. The van der Waals surface area contributed by atoms with E-state index in [4.69, 9.17) is 4.74 Å². The Morgan fingerprint density at radius 3 is 3.21 bits per heavy atom. The number of pyridine rings is 1. The van der Waals surface area contributed by atoms with Gasteiger partial charge in [-0.2, -0.15) is 0 Å². The summed E-state index contributed by atoms with van der Waals surface area (Å²) >= 11 is 0. The summed E-state index contributed by atoms with van der Waals surface area (Å²) in [7, 11) is 1.78. The highest BCUT2D eigenvalue weighted by molar-refractivity contribution is 5.99. The molecule has 1 aromatic rings. The van der Waals surface area contributed by atoms with Gasteiger partial charge in [-0.15, -0.1) is 0 Å². The summed E-state index contributed by atoms with van der Waals surface area (Å²) in [5, 5.41) is 2.97. The summed E-state index contributed by atoms with van der Waals surface area (Å²) in [4.78, 5) is 18.7. The molecular formula is C14H21N3O2. The third-order valence-corrected chi connectivity index (χ3v) is 3.43. The van der Waals surface area contributed by atoms with Crippen LogP contribution in [0.3, 0.4) is 0 Å². The smallest absolute Gasteiger partial charge is 0.257 e. The third kappa shape index (κ3) is 3.04. The van der Waals surface area contributed by atoms with Gasteiger partial charge in [0.15, 0.2) is 0 Å². The standard InChI is InChI=1S/C14H21N3O2/c1-3-19-10-11-6-5-9-17(11)14(18)12-7-4-8-16-13(12)15-2/h4,7-8,11H,3,5-6,9-10H2,1-2H3,(H,15,16). The Labute approximate surface area is 114 Å². The number of ether oxygens (including phenoxy) is 1. The molecule has 5 nitrogen and oxygen atoms in total. The molecule has 19 heavy (non-hydrogen) atoms. The lowest BCUT2D eigenvalue weighted by atomic mass is 10.2. The monoisotopic (exact) mass is 263 g/mol. The molecule has 1 aromatic heterocycles. The molecule has 5 heteroatoms. The van der Waals surface area contributed by atoms with Gasteiger partial charge in [0, 0.05) is 26.4 Å². The van der Waals surface area contributed by atoms with Crippen molar-refractivity contribution in [3.8, 4) is 0 Å². The summed E-state index contributed by atoms with van der Waals surface area (Å²) < 4.78 is 5.47. The van der Waals surface area contributed by atoms with Crippen molar-refractivity contribution in [1.82, 2.24) is 9.88 Å². The molecule has 0 saturated carbocycles. The summed E-state index contributed by atoms with van der Waals surface area (Å²) in [6.45, 7) is 4.08. The van der Waals surface area contributed by atoms with Crippen molar-refractivity contribution < 1.29 is 9.53 Å². The van der Waals surface area contributed by atoms with Crippen LogP contribution in [0.25, 0.3) is 0 Å². The van der Waals surface area contributed by atoms with E-state index in [1.165, 1.54) is 0 Å². The maximum absolute atomic E-state index is 12.6. The molecule has 0 radical (unpaired) electrons. The van der Waals surface area contributed by atoms with E-state index in [2.05, 4.69) is 10.3 Å². The zero-order chi connectivity index (χ0) is 13.7. The number of carbonyl (C=O) groups is 1. The van der Waals surface area contributed by atoms with Crippen LogP contribution in [0.5, 0.6) is 0 Å². The molecule has 1 atom stereocenters. The highest BCUT2D eigenvalue weighted by atomic mass is 16.5. The predicted molar refractivity (Wildman–Crippen MR) is 74.3 cm³/mol. The quantitative estimate of drug-likeness (QED) is 0.879. The van der Waals surface area contributed by atoms with Crippen molar-refractivity contribution in [2.75, 3.05) is 32.1 Å². The molecule has 0 bridgehead atoms. The predicted octanol–water partition coefficient (Wildman–Crippen LogP) is 1.76. The maximum atomic E-state index is 12.6. The number of hydrogen-bond acceptors (Lipinski definition) is 4.